The summed E-state index contributed by atoms with van der Waals surface area (Å²) in [7, 11) is -3.52. The van der Waals surface area contributed by atoms with E-state index in [1.54, 1.807) is 6.92 Å². The number of furan rings is 1. The molecule has 1 aromatic rings. The second-order valence-electron chi connectivity index (χ2n) is 5.98. The van der Waals surface area contributed by atoms with Gasteiger partial charge in [0.1, 0.15) is 16.4 Å². The molecular formula is C15H26N2O3S. The summed E-state index contributed by atoms with van der Waals surface area (Å²) in [5.41, 5.74) is 0.921. The van der Waals surface area contributed by atoms with E-state index in [9.17, 15) is 8.42 Å². The normalized spacial score (nSPS) is 17.1. The van der Waals surface area contributed by atoms with Crippen LogP contribution in [0.2, 0.25) is 0 Å². The van der Waals surface area contributed by atoms with Crippen LogP contribution in [-0.2, 0) is 16.6 Å². The topological polar surface area (TPSA) is 71.3 Å². The van der Waals surface area contributed by atoms with E-state index in [0.717, 1.165) is 31.4 Å². The van der Waals surface area contributed by atoms with Gasteiger partial charge in [-0.05, 0) is 45.1 Å². The van der Waals surface area contributed by atoms with E-state index in [2.05, 4.69) is 17.0 Å². The molecule has 1 saturated carbocycles. The lowest BCUT2D eigenvalue weighted by Gasteiger charge is -2.14. The quantitative estimate of drug-likeness (QED) is 0.773. The van der Waals surface area contributed by atoms with Gasteiger partial charge in [0, 0.05) is 18.7 Å². The van der Waals surface area contributed by atoms with E-state index < -0.39 is 10.0 Å². The van der Waals surface area contributed by atoms with Crippen molar-refractivity contribution in [1.82, 2.24) is 10.0 Å². The Morgan fingerprint density at radius 3 is 2.38 bits per heavy atom. The highest BCUT2D eigenvalue weighted by Crippen LogP contribution is 2.48. The van der Waals surface area contributed by atoms with Gasteiger partial charge in [-0.3, -0.25) is 0 Å². The van der Waals surface area contributed by atoms with Gasteiger partial charge < -0.3 is 9.73 Å². The number of hydrogen-bond donors (Lipinski definition) is 2. The molecule has 0 bridgehead atoms. The first-order valence-corrected chi connectivity index (χ1v) is 9.13. The van der Waals surface area contributed by atoms with Crippen LogP contribution in [-0.4, -0.2) is 21.5 Å². The van der Waals surface area contributed by atoms with Gasteiger partial charge in [0.25, 0.3) is 0 Å². The van der Waals surface area contributed by atoms with Crippen molar-refractivity contribution in [3.63, 3.8) is 0 Å². The lowest BCUT2D eigenvalue weighted by atomic mass is 10.1. The average Bonchev–Trinajstić information content (AvgIpc) is 3.15. The molecule has 1 fully saturated rings. The molecule has 1 aromatic heterocycles. The average molecular weight is 314 g/mol. The van der Waals surface area contributed by atoms with Crippen LogP contribution in [0.3, 0.4) is 0 Å². The summed E-state index contributed by atoms with van der Waals surface area (Å²) in [6.45, 7) is 9.45. The smallest absolute Gasteiger partial charge is 0.244 e. The Hall–Kier alpha value is -0.850. The highest BCUT2D eigenvalue weighted by molar-refractivity contribution is 7.89. The van der Waals surface area contributed by atoms with Crippen molar-refractivity contribution in [3.8, 4) is 0 Å². The number of nitrogens with one attached hydrogen (secondary N) is 2. The van der Waals surface area contributed by atoms with Gasteiger partial charge in [-0.25, -0.2) is 13.1 Å². The minimum absolute atomic E-state index is 0.182. The maximum atomic E-state index is 12.6. The fourth-order valence-corrected chi connectivity index (χ4v) is 4.27. The van der Waals surface area contributed by atoms with Crippen LogP contribution in [0.15, 0.2) is 9.31 Å². The van der Waals surface area contributed by atoms with E-state index >= 15 is 0 Å². The van der Waals surface area contributed by atoms with Crippen molar-refractivity contribution in [2.24, 2.45) is 5.41 Å². The second kappa shape index (κ2) is 6.10. The number of hydrogen-bond acceptors (Lipinski definition) is 4. The molecule has 2 N–H and O–H groups in total. The third-order valence-corrected chi connectivity index (χ3v) is 6.09. The lowest BCUT2D eigenvalue weighted by Crippen LogP contribution is -2.31. The molecule has 0 aliphatic heterocycles. The van der Waals surface area contributed by atoms with Gasteiger partial charge in [0.2, 0.25) is 10.0 Å². The molecular weight excluding hydrogens is 288 g/mol. The molecule has 0 amide bonds. The number of sulfonamides is 1. The Labute approximate surface area is 127 Å². The lowest BCUT2D eigenvalue weighted by molar-refractivity contribution is 0.472. The minimum Gasteiger partial charge on any atom is -0.465 e. The molecule has 0 radical (unpaired) electrons. The predicted molar refractivity (Wildman–Crippen MR) is 82.7 cm³/mol. The van der Waals surface area contributed by atoms with Gasteiger partial charge in [-0.1, -0.05) is 13.8 Å². The third-order valence-electron chi connectivity index (χ3n) is 4.49. The highest BCUT2D eigenvalue weighted by atomic mass is 32.2. The van der Waals surface area contributed by atoms with Gasteiger partial charge >= 0.3 is 0 Å². The summed E-state index contributed by atoms with van der Waals surface area (Å²) in [5.74, 6) is 1.14. The Kier molecular flexibility index (Phi) is 4.80. The minimum atomic E-state index is -3.52. The summed E-state index contributed by atoms with van der Waals surface area (Å²) < 4.78 is 33.6. The Morgan fingerprint density at radius 1 is 1.19 bits per heavy atom. The first-order chi connectivity index (χ1) is 9.85. The Balaban J connectivity index is 2.22. The zero-order valence-electron chi connectivity index (χ0n) is 13.4. The first kappa shape index (κ1) is 16.5. The summed E-state index contributed by atoms with van der Waals surface area (Å²) >= 11 is 0. The maximum Gasteiger partial charge on any atom is 0.244 e. The zero-order valence-corrected chi connectivity index (χ0v) is 14.2. The van der Waals surface area contributed by atoms with Gasteiger partial charge in [0.05, 0.1) is 0 Å². The van der Waals surface area contributed by atoms with Crippen LogP contribution in [0.1, 0.15) is 50.2 Å². The molecule has 1 heterocycles. The van der Waals surface area contributed by atoms with Crippen LogP contribution >= 0.6 is 0 Å². The summed E-state index contributed by atoms with van der Waals surface area (Å²) in [4.78, 5) is 0.313. The second-order valence-corrected chi connectivity index (χ2v) is 7.68. The van der Waals surface area contributed by atoms with Crippen LogP contribution in [0.5, 0.6) is 0 Å². The van der Waals surface area contributed by atoms with Gasteiger partial charge in [0.15, 0.2) is 0 Å². The summed E-state index contributed by atoms with van der Waals surface area (Å²) in [6.07, 6.45) is 3.24. The Bertz CT molecular complexity index is 601. The zero-order chi connectivity index (χ0) is 15.7. The highest BCUT2D eigenvalue weighted by Gasteiger charge is 2.41. The molecule has 0 atom stereocenters. The Morgan fingerprint density at radius 2 is 1.86 bits per heavy atom. The SMILES string of the molecule is CCNCc1c(C)oc(C)c1S(=O)(=O)NCC1(CC)CC1. The van der Waals surface area contributed by atoms with Crippen molar-refractivity contribution in [2.45, 2.75) is 58.4 Å². The molecule has 1 aliphatic carbocycles. The molecule has 21 heavy (non-hydrogen) atoms. The van der Waals surface area contributed by atoms with E-state index in [1.165, 1.54) is 0 Å². The molecule has 0 saturated heterocycles. The summed E-state index contributed by atoms with van der Waals surface area (Å²) in [6, 6.07) is 0. The van der Waals surface area contributed by atoms with Crippen LogP contribution in [0.4, 0.5) is 0 Å². The van der Waals surface area contributed by atoms with Crippen LogP contribution in [0, 0.1) is 19.3 Å². The molecule has 0 spiro atoms. The molecule has 2 rings (SSSR count). The van der Waals surface area contributed by atoms with Crippen molar-refractivity contribution in [2.75, 3.05) is 13.1 Å². The van der Waals surface area contributed by atoms with Gasteiger partial charge in [-0.15, -0.1) is 0 Å². The van der Waals surface area contributed by atoms with Crippen molar-refractivity contribution < 1.29 is 12.8 Å². The molecule has 1 aliphatic rings. The largest absolute Gasteiger partial charge is 0.465 e. The predicted octanol–water partition coefficient (Wildman–Crippen LogP) is 2.47. The van der Waals surface area contributed by atoms with Crippen molar-refractivity contribution in [3.05, 3.63) is 17.1 Å². The van der Waals surface area contributed by atoms with Crippen molar-refractivity contribution in [1.29, 1.82) is 0 Å². The maximum absolute atomic E-state index is 12.6. The molecule has 0 unspecified atom stereocenters. The van der Waals surface area contributed by atoms with E-state index in [4.69, 9.17) is 4.42 Å². The fraction of sp³-hybridized carbons (Fsp3) is 0.733. The van der Waals surface area contributed by atoms with E-state index in [0.29, 0.717) is 29.5 Å². The number of rotatable bonds is 8. The van der Waals surface area contributed by atoms with E-state index in [1.807, 2.05) is 13.8 Å². The van der Waals surface area contributed by atoms with E-state index in [-0.39, 0.29) is 5.41 Å². The third kappa shape index (κ3) is 3.49. The van der Waals surface area contributed by atoms with Crippen LogP contribution < -0.4 is 10.0 Å². The van der Waals surface area contributed by atoms with Crippen LogP contribution in [0.25, 0.3) is 0 Å². The molecule has 120 valence electrons. The monoisotopic (exact) mass is 314 g/mol. The molecule has 6 heteroatoms. The standard InChI is InChI=1S/C15H26N2O3S/c1-5-15(7-8-15)10-17-21(18,19)14-12(4)20-11(3)13(14)9-16-6-2/h16-17H,5-10H2,1-4H3. The fourth-order valence-electron chi connectivity index (χ4n) is 2.67. The molecule has 5 nitrogen and oxygen atoms in total. The molecule has 0 aromatic carbocycles. The summed E-state index contributed by atoms with van der Waals surface area (Å²) in [5, 5.41) is 3.17. The van der Waals surface area contributed by atoms with Crippen molar-refractivity contribution >= 4 is 10.0 Å². The van der Waals surface area contributed by atoms with Gasteiger partial charge in [-0.2, -0.15) is 0 Å². The number of aryl methyl sites for hydroxylation is 2. The first-order valence-electron chi connectivity index (χ1n) is 7.64.